The summed E-state index contributed by atoms with van der Waals surface area (Å²) in [6, 6.07) is 0. The zero-order valence-electron chi connectivity index (χ0n) is 16.4. The lowest BCUT2D eigenvalue weighted by Crippen LogP contribution is -3.14. The van der Waals surface area contributed by atoms with Crippen molar-refractivity contribution in [3.05, 3.63) is 33.4 Å². The highest BCUT2D eigenvalue weighted by molar-refractivity contribution is 7.99. The third-order valence-electron chi connectivity index (χ3n) is 4.90. The number of quaternary nitrogens is 1. The van der Waals surface area contributed by atoms with E-state index in [0.29, 0.717) is 23.6 Å². The van der Waals surface area contributed by atoms with Gasteiger partial charge >= 0.3 is 0 Å². The lowest BCUT2D eigenvalue weighted by molar-refractivity contribution is -0.906. The van der Waals surface area contributed by atoms with E-state index in [1.165, 1.54) is 28.0 Å². The summed E-state index contributed by atoms with van der Waals surface area (Å²) < 4.78 is 6.94. The van der Waals surface area contributed by atoms with E-state index >= 15 is 0 Å². The van der Waals surface area contributed by atoms with Gasteiger partial charge < -0.3 is 15.0 Å². The van der Waals surface area contributed by atoms with Crippen molar-refractivity contribution < 1.29 is 14.4 Å². The predicted molar refractivity (Wildman–Crippen MR) is 114 cm³/mol. The Kier molecular flexibility index (Phi) is 7.28. The number of aryl methyl sites for hydroxylation is 2. The van der Waals surface area contributed by atoms with Crippen LogP contribution in [0.5, 0.6) is 0 Å². The van der Waals surface area contributed by atoms with E-state index in [1.807, 2.05) is 13.8 Å². The quantitative estimate of drug-likeness (QED) is 0.365. The van der Waals surface area contributed by atoms with E-state index < -0.39 is 0 Å². The first kappa shape index (κ1) is 21.0. The van der Waals surface area contributed by atoms with Gasteiger partial charge in [-0.05, 0) is 19.4 Å². The highest BCUT2D eigenvalue weighted by Crippen LogP contribution is 2.28. The Morgan fingerprint density at radius 2 is 2.18 bits per heavy atom. The fraction of sp³-hybridized carbons (Fsp3) is 0.526. The number of amides is 1. The van der Waals surface area contributed by atoms with Crippen molar-refractivity contribution in [1.82, 2.24) is 14.9 Å². The second kappa shape index (κ2) is 9.69. The molecule has 2 aromatic heterocycles. The van der Waals surface area contributed by atoms with Gasteiger partial charge in [-0.15, -0.1) is 17.9 Å². The zero-order valence-corrected chi connectivity index (χ0v) is 18.0. The van der Waals surface area contributed by atoms with Gasteiger partial charge in [0, 0.05) is 11.4 Å². The number of carbonyl (C=O) groups excluding carboxylic acids is 1. The largest absolute Gasteiger partial charge is 0.370 e. The molecule has 2 N–H and O–H groups in total. The highest BCUT2D eigenvalue weighted by atomic mass is 32.2. The number of fused-ring (bicyclic) bond motifs is 1. The van der Waals surface area contributed by atoms with Crippen molar-refractivity contribution in [2.24, 2.45) is 0 Å². The van der Waals surface area contributed by atoms with E-state index in [1.54, 1.807) is 10.6 Å². The number of hydrogen-bond donors (Lipinski definition) is 2. The molecule has 0 bridgehead atoms. The molecule has 3 heterocycles. The van der Waals surface area contributed by atoms with Crippen molar-refractivity contribution in [2.75, 3.05) is 45.1 Å². The van der Waals surface area contributed by atoms with Gasteiger partial charge in [0.2, 0.25) is 5.91 Å². The van der Waals surface area contributed by atoms with Gasteiger partial charge in [0.1, 0.15) is 17.9 Å². The molecule has 1 amide bonds. The van der Waals surface area contributed by atoms with Crippen LogP contribution in [0.15, 0.2) is 22.6 Å². The maximum absolute atomic E-state index is 12.9. The number of nitrogens with zero attached hydrogens (tertiary/aromatic N) is 2. The minimum absolute atomic E-state index is 0.0456. The molecule has 0 aromatic carbocycles. The van der Waals surface area contributed by atoms with Crippen molar-refractivity contribution >= 4 is 39.2 Å². The van der Waals surface area contributed by atoms with Crippen LogP contribution in [0.1, 0.15) is 10.4 Å². The standard InChI is InChI=1S/C19H26N4O3S2/c1-4-6-23-18(25)16-13(2)14(3)28-17(16)21-19(23)27-12-15(24)20-5-7-22-8-10-26-11-9-22/h4H,1,5-12H2,2-3H3,(H,20,24)/p+1. The lowest BCUT2D eigenvalue weighted by Gasteiger charge is -2.23. The first-order chi connectivity index (χ1) is 13.5. The minimum Gasteiger partial charge on any atom is -0.370 e. The van der Waals surface area contributed by atoms with Crippen LogP contribution in [0.4, 0.5) is 0 Å². The van der Waals surface area contributed by atoms with Gasteiger partial charge in [-0.25, -0.2) is 4.98 Å². The Balaban J connectivity index is 1.64. The lowest BCUT2D eigenvalue weighted by atomic mass is 10.2. The Hall–Kier alpha value is -1.68. The van der Waals surface area contributed by atoms with Crippen LogP contribution in [0.25, 0.3) is 10.2 Å². The monoisotopic (exact) mass is 423 g/mol. The molecule has 0 radical (unpaired) electrons. The molecule has 7 nitrogen and oxygen atoms in total. The summed E-state index contributed by atoms with van der Waals surface area (Å²) in [5.41, 5.74) is 0.917. The minimum atomic E-state index is -0.0643. The predicted octanol–water partition coefficient (Wildman–Crippen LogP) is 0.384. The molecule has 2 aromatic rings. The van der Waals surface area contributed by atoms with E-state index in [4.69, 9.17) is 4.74 Å². The van der Waals surface area contributed by atoms with Crippen LogP contribution >= 0.6 is 23.1 Å². The second-order valence-electron chi connectivity index (χ2n) is 6.81. The topological polar surface area (TPSA) is 77.7 Å². The van der Waals surface area contributed by atoms with E-state index in [0.717, 1.165) is 48.1 Å². The normalized spacial score (nSPS) is 15.1. The first-order valence-electron chi connectivity index (χ1n) is 9.43. The van der Waals surface area contributed by atoms with Crippen LogP contribution in [0, 0.1) is 13.8 Å². The molecule has 1 saturated heterocycles. The van der Waals surface area contributed by atoms with Gasteiger partial charge in [-0.1, -0.05) is 17.8 Å². The smallest absolute Gasteiger partial charge is 0.263 e. The van der Waals surface area contributed by atoms with Crippen LogP contribution in [0.3, 0.4) is 0 Å². The average Bonchev–Trinajstić information content (AvgIpc) is 2.97. The molecular formula is C19H27N4O3S2+. The van der Waals surface area contributed by atoms with Crippen molar-refractivity contribution in [1.29, 1.82) is 0 Å². The van der Waals surface area contributed by atoms with Crippen molar-refractivity contribution in [3.63, 3.8) is 0 Å². The Morgan fingerprint density at radius 3 is 2.89 bits per heavy atom. The summed E-state index contributed by atoms with van der Waals surface area (Å²) in [4.78, 5) is 33.1. The first-order valence-corrected chi connectivity index (χ1v) is 11.2. The van der Waals surface area contributed by atoms with Gasteiger partial charge in [-0.3, -0.25) is 14.2 Å². The molecule has 152 valence electrons. The average molecular weight is 424 g/mol. The summed E-state index contributed by atoms with van der Waals surface area (Å²) in [5.74, 6) is 0.187. The maximum atomic E-state index is 12.9. The molecule has 0 atom stereocenters. The number of rotatable bonds is 8. The third-order valence-corrected chi connectivity index (χ3v) is 6.98. The number of carbonyl (C=O) groups is 1. The number of aromatic nitrogens is 2. The highest BCUT2D eigenvalue weighted by Gasteiger charge is 2.17. The number of nitrogens with one attached hydrogen (secondary N) is 2. The summed E-state index contributed by atoms with van der Waals surface area (Å²) in [6.07, 6.45) is 1.68. The number of hydrogen-bond acceptors (Lipinski definition) is 6. The number of thioether (sulfide) groups is 1. The fourth-order valence-electron chi connectivity index (χ4n) is 3.18. The molecule has 0 spiro atoms. The molecule has 0 saturated carbocycles. The number of thiophene rings is 1. The number of ether oxygens (including phenoxy) is 1. The zero-order chi connectivity index (χ0) is 20.1. The second-order valence-corrected chi connectivity index (χ2v) is 8.96. The summed E-state index contributed by atoms with van der Waals surface area (Å²) in [6.45, 7) is 13.2. The summed E-state index contributed by atoms with van der Waals surface area (Å²) in [5, 5.41) is 4.20. The molecular weight excluding hydrogens is 396 g/mol. The van der Waals surface area contributed by atoms with Crippen LogP contribution < -0.4 is 15.8 Å². The molecule has 0 aliphatic carbocycles. The SMILES string of the molecule is C=CCn1c(SCC(=O)NCC[NH+]2CCOCC2)nc2sc(C)c(C)c2c1=O. The van der Waals surface area contributed by atoms with Gasteiger partial charge in [0.05, 0.1) is 37.4 Å². The van der Waals surface area contributed by atoms with Gasteiger partial charge in [0.15, 0.2) is 5.16 Å². The molecule has 28 heavy (non-hydrogen) atoms. The Labute approximate surface area is 172 Å². The van der Waals surface area contributed by atoms with Crippen molar-refractivity contribution in [2.45, 2.75) is 25.5 Å². The van der Waals surface area contributed by atoms with E-state index in [2.05, 4.69) is 16.9 Å². The number of allylic oxidation sites excluding steroid dienone is 1. The summed E-state index contributed by atoms with van der Waals surface area (Å²) in [7, 11) is 0. The fourth-order valence-corrected chi connectivity index (χ4v) is 5.09. The molecule has 3 rings (SSSR count). The Morgan fingerprint density at radius 1 is 1.43 bits per heavy atom. The Bertz CT molecular complexity index is 916. The molecule has 1 aliphatic heterocycles. The maximum Gasteiger partial charge on any atom is 0.263 e. The number of morpholine rings is 1. The van der Waals surface area contributed by atoms with Crippen LogP contribution in [-0.4, -0.2) is 60.6 Å². The molecule has 9 heteroatoms. The molecule has 1 fully saturated rings. The van der Waals surface area contributed by atoms with Gasteiger partial charge in [0.25, 0.3) is 5.56 Å². The van der Waals surface area contributed by atoms with Crippen molar-refractivity contribution in [3.8, 4) is 0 Å². The third kappa shape index (κ3) is 4.83. The molecule has 1 aliphatic rings. The van der Waals surface area contributed by atoms with E-state index in [-0.39, 0.29) is 17.2 Å². The van der Waals surface area contributed by atoms with Gasteiger partial charge in [-0.2, -0.15) is 0 Å². The van der Waals surface area contributed by atoms with Crippen LogP contribution in [-0.2, 0) is 16.1 Å². The van der Waals surface area contributed by atoms with E-state index in [9.17, 15) is 9.59 Å². The molecule has 0 unspecified atom stereocenters. The van der Waals surface area contributed by atoms with Crippen LogP contribution in [0.2, 0.25) is 0 Å². The summed E-state index contributed by atoms with van der Waals surface area (Å²) >= 11 is 2.82.